The molecule has 0 atom stereocenters. The van der Waals surface area contributed by atoms with Crippen LogP contribution in [0.5, 0.6) is 5.75 Å². The minimum absolute atomic E-state index is 0.798. The fraction of sp³-hybridized carbons (Fsp3) is 0.333. The fourth-order valence-electron chi connectivity index (χ4n) is 2.35. The van der Waals surface area contributed by atoms with Crippen LogP contribution in [0.15, 0.2) is 34.8 Å². The molecule has 3 nitrogen and oxygen atoms in total. The van der Waals surface area contributed by atoms with E-state index in [1.165, 1.54) is 5.57 Å². The molecule has 2 heterocycles. The molecule has 0 bridgehead atoms. The van der Waals surface area contributed by atoms with Crippen molar-refractivity contribution in [2.45, 2.75) is 6.42 Å². The molecule has 18 heavy (non-hydrogen) atoms. The Morgan fingerprint density at radius 3 is 2.94 bits per heavy atom. The maximum atomic E-state index is 5.95. The molecular formula is C15H17NO2. The zero-order valence-electron chi connectivity index (χ0n) is 10.8. The number of nitrogens with zero attached hydrogens (tertiary/aromatic N) is 1. The summed E-state index contributed by atoms with van der Waals surface area (Å²) in [5.74, 6) is 1.77. The van der Waals surface area contributed by atoms with Crippen LogP contribution in [-0.4, -0.2) is 32.1 Å². The van der Waals surface area contributed by atoms with Gasteiger partial charge in [0.15, 0.2) is 11.3 Å². The molecule has 0 saturated carbocycles. The Labute approximate surface area is 107 Å². The highest BCUT2D eigenvalue weighted by atomic mass is 16.5. The van der Waals surface area contributed by atoms with Crippen LogP contribution < -0.4 is 4.74 Å². The Bertz CT molecular complexity index is 598. The van der Waals surface area contributed by atoms with Gasteiger partial charge in [0.2, 0.25) is 0 Å². The second-order valence-corrected chi connectivity index (χ2v) is 4.73. The molecule has 2 aromatic rings. The fourth-order valence-corrected chi connectivity index (χ4v) is 2.35. The van der Waals surface area contributed by atoms with Crippen LogP contribution in [0.1, 0.15) is 12.2 Å². The summed E-state index contributed by atoms with van der Waals surface area (Å²) in [6.45, 7) is 2.07. The summed E-state index contributed by atoms with van der Waals surface area (Å²) in [7, 11) is 3.81. The predicted octanol–water partition coefficient (Wildman–Crippen LogP) is 3.16. The van der Waals surface area contributed by atoms with E-state index in [-0.39, 0.29) is 0 Å². The van der Waals surface area contributed by atoms with Gasteiger partial charge in [-0.05, 0) is 31.2 Å². The van der Waals surface area contributed by atoms with Gasteiger partial charge in [0.1, 0.15) is 5.76 Å². The van der Waals surface area contributed by atoms with E-state index in [4.69, 9.17) is 9.15 Å². The molecule has 1 aromatic carbocycles. The molecule has 1 aliphatic rings. The van der Waals surface area contributed by atoms with E-state index in [2.05, 4.69) is 30.2 Å². The molecule has 3 heteroatoms. The van der Waals surface area contributed by atoms with Crippen molar-refractivity contribution in [2.24, 2.45) is 0 Å². The third-order valence-corrected chi connectivity index (χ3v) is 3.46. The number of hydrogen-bond donors (Lipinski definition) is 0. The van der Waals surface area contributed by atoms with Crippen molar-refractivity contribution in [1.82, 2.24) is 4.90 Å². The quantitative estimate of drug-likeness (QED) is 0.810. The molecule has 0 radical (unpaired) electrons. The maximum Gasteiger partial charge on any atom is 0.176 e. The van der Waals surface area contributed by atoms with Crippen molar-refractivity contribution in [3.8, 4) is 5.75 Å². The van der Waals surface area contributed by atoms with Crippen LogP contribution in [0, 0.1) is 0 Å². The summed E-state index contributed by atoms with van der Waals surface area (Å²) in [4.78, 5) is 2.30. The van der Waals surface area contributed by atoms with Gasteiger partial charge >= 0.3 is 0 Å². The molecule has 0 unspecified atom stereocenters. The lowest BCUT2D eigenvalue weighted by atomic mass is 10.1. The van der Waals surface area contributed by atoms with Gasteiger partial charge in [-0.3, -0.25) is 0 Å². The molecule has 0 saturated heterocycles. The number of likely N-dealkylation sites (N-methyl/N-ethyl adjacent to an activating group) is 1. The molecule has 0 fully saturated rings. The van der Waals surface area contributed by atoms with Gasteiger partial charge in [-0.1, -0.05) is 18.2 Å². The predicted molar refractivity (Wildman–Crippen MR) is 72.9 cm³/mol. The molecule has 0 aliphatic carbocycles. The van der Waals surface area contributed by atoms with E-state index in [0.29, 0.717) is 0 Å². The average molecular weight is 243 g/mol. The highest BCUT2D eigenvalue weighted by Crippen LogP contribution is 2.33. The van der Waals surface area contributed by atoms with Crippen molar-refractivity contribution in [3.05, 3.63) is 36.1 Å². The lowest BCUT2D eigenvalue weighted by molar-refractivity contribution is 0.367. The van der Waals surface area contributed by atoms with Crippen molar-refractivity contribution >= 4 is 16.5 Å². The highest BCUT2D eigenvalue weighted by Gasteiger charge is 2.15. The number of para-hydroxylation sites is 1. The summed E-state index contributed by atoms with van der Waals surface area (Å²) >= 11 is 0. The number of furan rings is 1. The number of hydrogen-bond acceptors (Lipinski definition) is 3. The summed E-state index contributed by atoms with van der Waals surface area (Å²) in [5.41, 5.74) is 2.14. The largest absolute Gasteiger partial charge is 0.493 e. The zero-order chi connectivity index (χ0) is 12.5. The Morgan fingerprint density at radius 1 is 1.33 bits per heavy atom. The Morgan fingerprint density at radius 2 is 2.22 bits per heavy atom. The molecule has 0 N–H and O–H groups in total. The highest BCUT2D eigenvalue weighted by molar-refractivity contribution is 5.86. The maximum absolute atomic E-state index is 5.95. The van der Waals surface area contributed by atoms with Crippen LogP contribution in [0.4, 0.5) is 0 Å². The normalized spacial score (nSPS) is 16.9. The van der Waals surface area contributed by atoms with Crippen LogP contribution in [0.2, 0.25) is 0 Å². The third kappa shape index (κ3) is 1.91. The first-order valence-electron chi connectivity index (χ1n) is 6.22. The lowest BCUT2D eigenvalue weighted by Gasteiger charge is -2.20. The van der Waals surface area contributed by atoms with Gasteiger partial charge in [-0.2, -0.15) is 0 Å². The van der Waals surface area contributed by atoms with E-state index >= 15 is 0 Å². The topological polar surface area (TPSA) is 25.6 Å². The molecule has 0 spiro atoms. The number of ether oxygens (including phenoxy) is 1. The number of fused-ring (bicyclic) bond motifs is 1. The van der Waals surface area contributed by atoms with Crippen molar-refractivity contribution in [1.29, 1.82) is 0 Å². The summed E-state index contributed by atoms with van der Waals surface area (Å²) < 4.78 is 11.3. The van der Waals surface area contributed by atoms with Crippen LogP contribution in [0.3, 0.4) is 0 Å². The van der Waals surface area contributed by atoms with Gasteiger partial charge in [-0.25, -0.2) is 0 Å². The molecule has 3 rings (SSSR count). The second kappa shape index (κ2) is 4.50. The molecule has 1 aliphatic heterocycles. The second-order valence-electron chi connectivity index (χ2n) is 4.73. The first-order valence-corrected chi connectivity index (χ1v) is 6.22. The van der Waals surface area contributed by atoms with Gasteiger partial charge in [-0.15, -0.1) is 0 Å². The minimum Gasteiger partial charge on any atom is -0.493 e. The molecular weight excluding hydrogens is 226 g/mol. The number of benzene rings is 1. The SMILES string of the molecule is COc1cccc2cc(C3=CCN(C)CC3)oc12. The molecule has 94 valence electrons. The summed E-state index contributed by atoms with van der Waals surface area (Å²) in [6.07, 6.45) is 3.28. The zero-order valence-corrected chi connectivity index (χ0v) is 10.8. The van der Waals surface area contributed by atoms with Gasteiger partial charge in [0, 0.05) is 18.5 Å². The van der Waals surface area contributed by atoms with E-state index in [1.807, 2.05) is 12.1 Å². The molecule has 1 aromatic heterocycles. The van der Waals surface area contributed by atoms with E-state index in [0.717, 1.165) is 42.0 Å². The van der Waals surface area contributed by atoms with Crippen molar-refractivity contribution < 1.29 is 9.15 Å². The van der Waals surface area contributed by atoms with Gasteiger partial charge in [0.05, 0.1) is 7.11 Å². The smallest absolute Gasteiger partial charge is 0.176 e. The first kappa shape index (κ1) is 11.4. The monoisotopic (exact) mass is 243 g/mol. The Kier molecular flexibility index (Phi) is 2.84. The Balaban J connectivity index is 2.03. The number of rotatable bonds is 2. The minimum atomic E-state index is 0.798. The van der Waals surface area contributed by atoms with Gasteiger partial charge < -0.3 is 14.1 Å². The van der Waals surface area contributed by atoms with Crippen LogP contribution >= 0.6 is 0 Å². The van der Waals surface area contributed by atoms with Crippen molar-refractivity contribution in [3.63, 3.8) is 0 Å². The lowest BCUT2D eigenvalue weighted by Crippen LogP contribution is -2.23. The van der Waals surface area contributed by atoms with Gasteiger partial charge in [0.25, 0.3) is 0 Å². The van der Waals surface area contributed by atoms with E-state index in [9.17, 15) is 0 Å². The van der Waals surface area contributed by atoms with E-state index in [1.54, 1.807) is 7.11 Å². The van der Waals surface area contributed by atoms with E-state index < -0.39 is 0 Å². The van der Waals surface area contributed by atoms with Crippen LogP contribution in [0.25, 0.3) is 16.5 Å². The number of methoxy groups -OCH3 is 1. The standard InChI is InChI=1S/C15H17NO2/c1-16-8-6-11(7-9-16)14-10-12-4-3-5-13(17-2)15(12)18-14/h3-6,10H,7-9H2,1-2H3. The summed E-state index contributed by atoms with van der Waals surface area (Å²) in [6, 6.07) is 8.08. The third-order valence-electron chi connectivity index (χ3n) is 3.46. The first-order chi connectivity index (χ1) is 8.78. The summed E-state index contributed by atoms with van der Waals surface area (Å²) in [5, 5.41) is 1.10. The molecule has 0 amide bonds. The van der Waals surface area contributed by atoms with Crippen molar-refractivity contribution in [2.75, 3.05) is 27.2 Å². The Hall–Kier alpha value is -1.74. The average Bonchev–Trinajstić information content (AvgIpc) is 2.83. The van der Waals surface area contributed by atoms with Crippen LogP contribution in [-0.2, 0) is 0 Å².